The van der Waals surface area contributed by atoms with E-state index in [1.165, 1.54) is 43.6 Å². The fourth-order valence-electron chi connectivity index (χ4n) is 3.04. The van der Waals surface area contributed by atoms with Gasteiger partial charge in [0.15, 0.2) is 0 Å². The van der Waals surface area contributed by atoms with E-state index in [1.807, 2.05) is 0 Å². The molecule has 112 valence electrons. The van der Waals surface area contributed by atoms with E-state index in [0.29, 0.717) is 6.04 Å². The van der Waals surface area contributed by atoms with E-state index >= 15 is 0 Å². The van der Waals surface area contributed by atoms with Gasteiger partial charge in [0.2, 0.25) is 0 Å². The maximum Gasteiger partial charge on any atom is 0.0449 e. The molecule has 1 atom stereocenters. The molecule has 2 rings (SSSR count). The van der Waals surface area contributed by atoms with Crippen molar-refractivity contribution in [2.24, 2.45) is 0 Å². The van der Waals surface area contributed by atoms with Gasteiger partial charge in [-0.1, -0.05) is 24.3 Å². The number of hydrogen-bond acceptors (Lipinski definition) is 3. The standard InChI is InChI=1S/C17H29N3/c1-15-8-4-5-9-16(15)17(18-2)14-19(3)12-13-20-10-6-7-11-20/h4-5,8-9,17-18H,6-7,10-14H2,1-3H3. The molecule has 0 bridgehead atoms. The van der Waals surface area contributed by atoms with Crippen LogP contribution in [0.5, 0.6) is 0 Å². The van der Waals surface area contributed by atoms with E-state index in [0.717, 1.165) is 13.1 Å². The minimum atomic E-state index is 0.416. The Hall–Kier alpha value is -0.900. The third-order valence-corrected chi connectivity index (χ3v) is 4.40. The van der Waals surface area contributed by atoms with Crippen molar-refractivity contribution in [1.29, 1.82) is 0 Å². The van der Waals surface area contributed by atoms with E-state index in [1.54, 1.807) is 0 Å². The van der Waals surface area contributed by atoms with Gasteiger partial charge < -0.3 is 15.1 Å². The lowest BCUT2D eigenvalue weighted by molar-refractivity contribution is 0.241. The summed E-state index contributed by atoms with van der Waals surface area (Å²) in [6.07, 6.45) is 2.76. The predicted molar refractivity (Wildman–Crippen MR) is 86.2 cm³/mol. The highest BCUT2D eigenvalue weighted by molar-refractivity contribution is 5.28. The summed E-state index contributed by atoms with van der Waals surface area (Å²) in [5, 5.41) is 3.46. The molecule has 1 fully saturated rings. The van der Waals surface area contributed by atoms with Gasteiger partial charge in [-0.3, -0.25) is 0 Å². The first-order valence-electron chi connectivity index (χ1n) is 7.84. The molecular formula is C17H29N3. The minimum Gasteiger partial charge on any atom is -0.312 e. The highest BCUT2D eigenvalue weighted by atomic mass is 15.2. The molecule has 1 aromatic carbocycles. The molecule has 1 aromatic rings. The summed E-state index contributed by atoms with van der Waals surface area (Å²) >= 11 is 0. The van der Waals surface area contributed by atoms with E-state index < -0.39 is 0 Å². The second-order valence-corrected chi connectivity index (χ2v) is 6.01. The minimum absolute atomic E-state index is 0.416. The largest absolute Gasteiger partial charge is 0.312 e. The first-order valence-corrected chi connectivity index (χ1v) is 7.84. The first-order chi connectivity index (χ1) is 9.70. The lowest BCUT2D eigenvalue weighted by Crippen LogP contribution is -2.36. The Morgan fingerprint density at radius 3 is 2.60 bits per heavy atom. The summed E-state index contributed by atoms with van der Waals surface area (Å²) in [6, 6.07) is 9.11. The quantitative estimate of drug-likeness (QED) is 0.823. The molecule has 1 unspecified atom stereocenters. The van der Waals surface area contributed by atoms with Crippen molar-refractivity contribution in [3.05, 3.63) is 35.4 Å². The van der Waals surface area contributed by atoms with Crippen molar-refractivity contribution in [2.75, 3.05) is 46.8 Å². The Labute approximate surface area is 124 Å². The number of benzene rings is 1. The SMILES string of the molecule is CNC(CN(C)CCN1CCCC1)c1ccccc1C. The van der Waals surface area contributed by atoms with Crippen LogP contribution >= 0.6 is 0 Å². The molecule has 1 saturated heterocycles. The molecule has 1 aliphatic heterocycles. The summed E-state index contributed by atoms with van der Waals surface area (Å²) in [5.41, 5.74) is 2.79. The molecule has 3 nitrogen and oxygen atoms in total. The van der Waals surface area contributed by atoms with Crippen molar-refractivity contribution in [1.82, 2.24) is 15.1 Å². The summed E-state index contributed by atoms with van der Waals surface area (Å²) in [7, 11) is 4.30. The van der Waals surface area contributed by atoms with Crippen LogP contribution in [0.25, 0.3) is 0 Å². The topological polar surface area (TPSA) is 18.5 Å². The number of nitrogens with one attached hydrogen (secondary N) is 1. The molecule has 0 saturated carbocycles. The monoisotopic (exact) mass is 275 g/mol. The van der Waals surface area contributed by atoms with E-state index in [2.05, 4.69) is 60.4 Å². The number of likely N-dealkylation sites (N-methyl/N-ethyl adjacent to an activating group) is 2. The van der Waals surface area contributed by atoms with Crippen molar-refractivity contribution in [3.63, 3.8) is 0 Å². The van der Waals surface area contributed by atoms with Gasteiger partial charge in [0, 0.05) is 25.7 Å². The van der Waals surface area contributed by atoms with Gasteiger partial charge in [-0.15, -0.1) is 0 Å². The number of hydrogen-bond donors (Lipinski definition) is 1. The molecule has 0 amide bonds. The second-order valence-electron chi connectivity index (χ2n) is 6.01. The van der Waals surface area contributed by atoms with Crippen LogP contribution in [0.2, 0.25) is 0 Å². The summed E-state index contributed by atoms with van der Waals surface area (Å²) in [4.78, 5) is 5.03. The van der Waals surface area contributed by atoms with Gasteiger partial charge in [-0.25, -0.2) is 0 Å². The normalized spacial score (nSPS) is 17.8. The molecule has 0 radical (unpaired) electrons. The Morgan fingerprint density at radius 1 is 1.25 bits per heavy atom. The van der Waals surface area contributed by atoms with Gasteiger partial charge in [0.05, 0.1) is 0 Å². The zero-order valence-electron chi connectivity index (χ0n) is 13.2. The zero-order valence-corrected chi connectivity index (χ0v) is 13.2. The maximum absolute atomic E-state index is 3.46. The lowest BCUT2D eigenvalue weighted by atomic mass is 10.0. The molecule has 0 aliphatic carbocycles. The van der Waals surface area contributed by atoms with Crippen LogP contribution in [0.4, 0.5) is 0 Å². The number of rotatable bonds is 7. The van der Waals surface area contributed by atoms with Crippen molar-refractivity contribution >= 4 is 0 Å². The smallest absolute Gasteiger partial charge is 0.0449 e. The van der Waals surface area contributed by atoms with Gasteiger partial charge in [0.25, 0.3) is 0 Å². The third kappa shape index (κ3) is 4.30. The average Bonchev–Trinajstić information content (AvgIpc) is 2.97. The van der Waals surface area contributed by atoms with E-state index in [-0.39, 0.29) is 0 Å². The summed E-state index contributed by atoms with van der Waals surface area (Å²) in [6.45, 7) is 8.21. The van der Waals surface area contributed by atoms with Crippen LogP contribution in [0.1, 0.15) is 30.0 Å². The average molecular weight is 275 g/mol. The predicted octanol–water partition coefficient (Wildman–Crippen LogP) is 2.28. The van der Waals surface area contributed by atoms with Crippen LogP contribution in [0.3, 0.4) is 0 Å². The fraction of sp³-hybridized carbons (Fsp3) is 0.647. The molecular weight excluding hydrogens is 246 g/mol. The van der Waals surface area contributed by atoms with Gasteiger partial charge in [-0.05, 0) is 58.1 Å². The Balaban J connectivity index is 1.84. The molecule has 0 spiro atoms. The molecule has 20 heavy (non-hydrogen) atoms. The zero-order chi connectivity index (χ0) is 14.4. The van der Waals surface area contributed by atoms with Crippen molar-refractivity contribution < 1.29 is 0 Å². The molecule has 0 aromatic heterocycles. The van der Waals surface area contributed by atoms with Crippen LogP contribution < -0.4 is 5.32 Å². The van der Waals surface area contributed by atoms with Crippen molar-refractivity contribution in [2.45, 2.75) is 25.8 Å². The Kier molecular flexibility index (Phi) is 6.02. The summed E-state index contributed by atoms with van der Waals surface area (Å²) < 4.78 is 0. The highest BCUT2D eigenvalue weighted by Crippen LogP contribution is 2.18. The molecule has 1 N–H and O–H groups in total. The van der Waals surface area contributed by atoms with E-state index in [9.17, 15) is 0 Å². The van der Waals surface area contributed by atoms with Gasteiger partial charge in [0.1, 0.15) is 0 Å². The Morgan fingerprint density at radius 2 is 1.95 bits per heavy atom. The van der Waals surface area contributed by atoms with Crippen LogP contribution in [-0.4, -0.2) is 56.6 Å². The van der Waals surface area contributed by atoms with Gasteiger partial charge in [-0.2, -0.15) is 0 Å². The van der Waals surface area contributed by atoms with Crippen molar-refractivity contribution in [3.8, 4) is 0 Å². The number of nitrogens with zero attached hydrogens (tertiary/aromatic N) is 2. The first kappa shape index (κ1) is 15.5. The van der Waals surface area contributed by atoms with Crippen LogP contribution in [-0.2, 0) is 0 Å². The number of aryl methyl sites for hydroxylation is 1. The van der Waals surface area contributed by atoms with E-state index in [4.69, 9.17) is 0 Å². The molecule has 1 heterocycles. The maximum atomic E-state index is 3.46. The lowest BCUT2D eigenvalue weighted by Gasteiger charge is -2.27. The third-order valence-electron chi connectivity index (χ3n) is 4.40. The molecule has 1 aliphatic rings. The van der Waals surface area contributed by atoms with Gasteiger partial charge >= 0.3 is 0 Å². The fourth-order valence-corrected chi connectivity index (χ4v) is 3.04. The number of likely N-dealkylation sites (tertiary alicyclic amines) is 1. The molecule has 3 heteroatoms. The summed E-state index contributed by atoms with van der Waals surface area (Å²) in [5.74, 6) is 0. The highest BCUT2D eigenvalue weighted by Gasteiger charge is 2.15. The Bertz CT molecular complexity index is 399. The van der Waals surface area contributed by atoms with Crippen LogP contribution in [0, 0.1) is 6.92 Å². The second kappa shape index (κ2) is 7.77. The van der Waals surface area contributed by atoms with Crippen LogP contribution in [0.15, 0.2) is 24.3 Å².